The third kappa shape index (κ3) is 2.86. The Morgan fingerprint density at radius 1 is 1.53 bits per heavy atom. The highest BCUT2D eigenvalue weighted by molar-refractivity contribution is 6.31. The molecule has 0 fully saturated rings. The van der Waals surface area contributed by atoms with Gasteiger partial charge < -0.3 is 9.84 Å². The van der Waals surface area contributed by atoms with Crippen LogP contribution in [0.5, 0.6) is 5.75 Å². The van der Waals surface area contributed by atoms with Crippen molar-refractivity contribution < 1.29 is 14.6 Å². The number of carboxylic acids is 1. The number of halogens is 1. The summed E-state index contributed by atoms with van der Waals surface area (Å²) in [6.07, 6.45) is 0.443. The molecule has 0 spiro atoms. The second kappa shape index (κ2) is 5.03. The lowest BCUT2D eigenvalue weighted by atomic mass is 10.1. The minimum absolute atomic E-state index is 0.0551. The highest BCUT2D eigenvalue weighted by atomic mass is 35.5. The van der Waals surface area contributed by atoms with Crippen LogP contribution in [0.4, 0.5) is 0 Å². The predicted molar refractivity (Wildman–Crippen MR) is 58.7 cm³/mol. The third-order valence-corrected chi connectivity index (χ3v) is 2.55. The van der Waals surface area contributed by atoms with Crippen LogP contribution in [-0.4, -0.2) is 18.2 Å². The molecule has 1 rings (SSSR count). The highest BCUT2D eigenvalue weighted by Crippen LogP contribution is 2.30. The minimum Gasteiger partial charge on any atom is -0.496 e. The van der Waals surface area contributed by atoms with Gasteiger partial charge in [-0.2, -0.15) is 0 Å². The molecule has 0 aliphatic rings. The number of carboxylic acid groups (broad SMARTS) is 1. The zero-order valence-electron chi connectivity index (χ0n) is 8.71. The lowest BCUT2D eigenvalue weighted by molar-refractivity contribution is -0.136. The van der Waals surface area contributed by atoms with Gasteiger partial charge in [0.15, 0.2) is 0 Å². The average molecular weight is 229 g/mol. The van der Waals surface area contributed by atoms with Crippen LogP contribution >= 0.6 is 11.6 Å². The molecule has 0 atom stereocenters. The Morgan fingerprint density at radius 2 is 2.20 bits per heavy atom. The van der Waals surface area contributed by atoms with Crippen molar-refractivity contribution in [3.05, 3.63) is 28.3 Å². The van der Waals surface area contributed by atoms with Crippen molar-refractivity contribution in [2.75, 3.05) is 7.11 Å². The molecule has 0 bridgehead atoms. The van der Waals surface area contributed by atoms with E-state index in [1.165, 1.54) is 0 Å². The first kappa shape index (κ1) is 11.9. The fourth-order valence-electron chi connectivity index (χ4n) is 1.47. The normalized spacial score (nSPS) is 10.1. The lowest BCUT2D eigenvalue weighted by Crippen LogP contribution is -2.01. The van der Waals surface area contributed by atoms with Crippen molar-refractivity contribution >= 4 is 17.6 Å². The number of hydrogen-bond acceptors (Lipinski definition) is 2. The zero-order chi connectivity index (χ0) is 11.4. The summed E-state index contributed by atoms with van der Waals surface area (Å²) in [6, 6.07) is 3.61. The number of methoxy groups -OCH3 is 1. The zero-order valence-corrected chi connectivity index (χ0v) is 9.47. The van der Waals surface area contributed by atoms with Crippen LogP contribution < -0.4 is 4.74 Å². The minimum atomic E-state index is -0.838. The van der Waals surface area contributed by atoms with E-state index in [4.69, 9.17) is 21.4 Å². The lowest BCUT2D eigenvalue weighted by Gasteiger charge is -2.12. The topological polar surface area (TPSA) is 46.5 Å². The Labute approximate surface area is 93.6 Å². The molecule has 1 aromatic rings. The molecule has 0 radical (unpaired) electrons. The number of hydrogen-bond donors (Lipinski definition) is 1. The van der Waals surface area contributed by atoms with Gasteiger partial charge in [0.2, 0.25) is 0 Å². The molecule has 15 heavy (non-hydrogen) atoms. The summed E-state index contributed by atoms with van der Waals surface area (Å²) in [5, 5.41) is 9.17. The molecule has 0 saturated heterocycles. The number of carbonyl (C=O) groups is 1. The Morgan fingerprint density at radius 3 is 2.73 bits per heavy atom. The molecule has 0 heterocycles. The Kier molecular flexibility index (Phi) is 3.97. The molecule has 4 heteroatoms. The van der Waals surface area contributed by atoms with E-state index in [2.05, 4.69) is 0 Å². The summed E-state index contributed by atoms with van der Waals surface area (Å²) in [7, 11) is 1.56. The third-order valence-electron chi connectivity index (χ3n) is 2.19. The summed E-state index contributed by atoms with van der Waals surface area (Å²) in [6.45, 7) is 1.90. The Balaban J connectivity index is 3.02. The summed E-state index contributed by atoms with van der Waals surface area (Å²) >= 11 is 5.99. The molecule has 0 aromatic heterocycles. The van der Waals surface area contributed by atoms with Gasteiger partial charge in [-0.3, -0.25) is 4.79 Å². The summed E-state index contributed by atoms with van der Waals surface area (Å²) in [5.41, 5.74) is 1.73. The number of rotatable bonds is 4. The first-order valence-corrected chi connectivity index (χ1v) is 4.97. The van der Waals surface area contributed by atoms with Crippen LogP contribution in [0.3, 0.4) is 0 Å². The predicted octanol–water partition coefficient (Wildman–Crippen LogP) is 2.67. The van der Waals surface area contributed by atoms with Gasteiger partial charge in [0.05, 0.1) is 7.11 Å². The SMILES string of the molecule is COc1c(C)ccc(Cl)c1CCC(=O)O. The number of ether oxygens (including phenoxy) is 1. The smallest absolute Gasteiger partial charge is 0.303 e. The molecule has 1 N–H and O–H groups in total. The average Bonchev–Trinajstić information content (AvgIpc) is 2.19. The number of benzene rings is 1. The van der Waals surface area contributed by atoms with Gasteiger partial charge >= 0.3 is 5.97 Å². The Bertz CT molecular complexity index is 374. The first-order chi connectivity index (χ1) is 7.06. The van der Waals surface area contributed by atoms with Crippen LogP contribution in [0.25, 0.3) is 0 Å². The van der Waals surface area contributed by atoms with Gasteiger partial charge in [-0.05, 0) is 25.0 Å². The molecule has 0 aliphatic heterocycles. The molecule has 0 aliphatic carbocycles. The van der Waals surface area contributed by atoms with Gasteiger partial charge in [0.1, 0.15) is 5.75 Å². The van der Waals surface area contributed by atoms with Crippen molar-refractivity contribution in [2.45, 2.75) is 19.8 Å². The van der Waals surface area contributed by atoms with E-state index in [9.17, 15) is 4.79 Å². The maximum absolute atomic E-state index is 10.5. The van der Waals surface area contributed by atoms with E-state index in [0.29, 0.717) is 17.2 Å². The van der Waals surface area contributed by atoms with Crippen molar-refractivity contribution in [2.24, 2.45) is 0 Å². The molecule has 82 valence electrons. The van der Waals surface area contributed by atoms with E-state index < -0.39 is 5.97 Å². The highest BCUT2D eigenvalue weighted by Gasteiger charge is 2.11. The van der Waals surface area contributed by atoms with Crippen LogP contribution in [-0.2, 0) is 11.2 Å². The van der Waals surface area contributed by atoms with E-state index in [0.717, 1.165) is 11.1 Å². The largest absolute Gasteiger partial charge is 0.496 e. The van der Waals surface area contributed by atoms with Crippen molar-refractivity contribution in [3.63, 3.8) is 0 Å². The monoisotopic (exact) mass is 228 g/mol. The van der Waals surface area contributed by atoms with Crippen LogP contribution in [0.2, 0.25) is 5.02 Å². The first-order valence-electron chi connectivity index (χ1n) is 4.60. The number of aryl methyl sites for hydroxylation is 1. The molecule has 0 saturated carbocycles. The quantitative estimate of drug-likeness (QED) is 0.862. The van der Waals surface area contributed by atoms with Crippen molar-refractivity contribution in [3.8, 4) is 5.75 Å². The van der Waals surface area contributed by atoms with Crippen molar-refractivity contribution in [1.29, 1.82) is 0 Å². The van der Waals surface area contributed by atoms with Gasteiger partial charge in [0, 0.05) is 17.0 Å². The van der Waals surface area contributed by atoms with Crippen LogP contribution in [0, 0.1) is 6.92 Å². The molecular formula is C11H13ClO3. The second-order valence-electron chi connectivity index (χ2n) is 3.27. The van der Waals surface area contributed by atoms with Gasteiger partial charge in [-0.15, -0.1) is 0 Å². The Hall–Kier alpha value is -1.22. The fourth-order valence-corrected chi connectivity index (χ4v) is 1.71. The number of aliphatic carboxylic acids is 1. The molecular weight excluding hydrogens is 216 g/mol. The summed E-state index contributed by atoms with van der Waals surface area (Å²) in [4.78, 5) is 10.5. The standard InChI is InChI=1S/C11H13ClO3/c1-7-3-5-9(12)8(11(7)15-2)4-6-10(13)14/h3,5H,4,6H2,1-2H3,(H,13,14). The van der Waals surface area contributed by atoms with E-state index in [1.807, 2.05) is 13.0 Å². The molecule has 1 aromatic carbocycles. The molecule has 0 unspecified atom stereocenters. The van der Waals surface area contributed by atoms with Gasteiger partial charge in [-0.25, -0.2) is 0 Å². The maximum Gasteiger partial charge on any atom is 0.303 e. The fraction of sp³-hybridized carbons (Fsp3) is 0.364. The molecule has 0 amide bonds. The van der Waals surface area contributed by atoms with Gasteiger partial charge in [0.25, 0.3) is 0 Å². The summed E-state index contributed by atoms with van der Waals surface area (Å²) in [5.74, 6) is -0.154. The maximum atomic E-state index is 10.5. The van der Waals surface area contributed by atoms with Crippen LogP contribution in [0.15, 0.2) is 12.1 Å². The second-order valence-corrected chi connectivity index (χ2v) is 3.68. The van der Waals surface area contributed by atoms with E-state index >= 15 is 0 Å². The van der Waals surface area contributed by atoms with Crippen LogP contribution in [0.1, 0.15) is 17.5 Å². The molecule has 3 nitrogen and oxygen atoms in total. The van der Waals surface area contributed by atoms with E-state index in [1.54, 1.807) is 13.2 Å². The van der Waals surface area contributed by atoms with Crippen molar-refractivity contribution in [1.82, 2.24) is 0 Å². The summed E-state index contributed by atoms with van der Waals surface area (Å²) < 4.78 is 5.21. The van der Waals surface area contributed by atoms with Gasteiger partial charge in [-0.1, -0.05) is 17.7 Å². The van der Waals surface area contributed by atoms with E-state index in [-0.39, 0.29) is 6.42 Å².